The number of rotatable bonds is 5. The van der Waals surface area contributed by atoms with Crippen molar-refractivity contribution in [2.45, 2.75) is 64.4 Å². The van der Waals surface area contributed by atoms with Crippen molar-refractivity contribution in [3.63, 3.8) is 0 Å². The third-order valence-corrected chi connectivity index (χ3v) is 3.97. The van der Waals surface area contributed by atoms with Crippen molar-refractivity contribution in [1.82, 2.24) is 0 Å². The van der Waals surface area contributed by atoms with Gasteiger partial charge in [0.25, 0.3) is 0 Å². The first-order valence-electron chi connectivity index (χ1n) is 7.13. The monoisotopic (exact) mass is 236 g/mol. The molecule has 0 heterocycles. The maximum absolute atomic E-state index is 12.1. The Hall–Kier alpha value is -0.630. The number of ether oxygens (including phenoxy) is 1. The van der Waals surface area contributed by atoms with Gasteiger partial charge in [-0.1, -0.05) is 12.5 Å². The average Bonchev–Trinajstić information content (AvgIpc) is 2.54. The summed E-state index contributed by atoms with van der Waals surface area (Å²) in [6.07, 6.45) is 11.4. The van der Waals surface area contributed by atoms with Crippen LogP contribution in [0.2, 0.25) is 0 Å². The van der Waals surface area contributed by atoms with Gasteiger partial charge in [0.2, 0.25) is 0 Å². The van der Waals surface area contributed by atoms with E-state index in [1.54, 1.807) is 0 Å². The van der Waals surface area contributed by atoms with Crippen molar-refractivity contribution in [2.75, 3.05) is 6.61 Å². The maximum Gasteiger partial charge on any atom is 0.158 e. The number of hydrogen-bond donors (Lipinski definition) is 0. The van der Waals surface area contributed by atoms with E-state index >= 15 is 0 Å². The second-order valence-corrected chi connectivity index (χ2v) is 5.37. The molecule has 0 N–H and O–H groups in total. The fourth-order valence-corrected chi connectivity index (χ4v) is 2.87. The van der Waals surface area contributed by atoms with Crippen LogP contribution in [0, 0.1) is 5.92 Å². The van der Waals surface area contributed by atoms with Crippen molar-refractivity contribution >= 4 is 5.78 Å². The summed E-state index contributed by atoms with van der Waals surface area (Å²) in [7, 11) is 0. The summed E-state index contributed by atoms with van der Waals surface area (Å²) >= 11 is 0. The van der Waals surface area contributed by atoms with Gasteiger partial charge in [0.15, 0.2) is 5.78 Å². The first-order chi connectivity index (χ1) is 8.29. The molecule has 96 valence electrons. The van der Waals surface area contributed by atoms with E-state index in [1.165, 1.54) is 19.3 Å². The van der Waals surface area contributed by atoms with Gasteiger partial charge in [0.05, 0.1) is 6.10 Å². The highest BCUT2D eigenvalue weighted by atomic mass is 16.5. The molecule has 0 saturated heterocycles. The van der Waals surface area contributed by atoms with Crippen molar-refractivity contribution in [1.29, 1.82) is 0 Å². The first-order valence-corrected chi connectivity index (χ1v) is 7.13. The number of Topliss-reactive ketones (excluding diaryl/α,β-unsaturated/α-hetero) is 1. The zero-order chi connectivity index (χ0) is 12.1. The van der Waals surface area contributed by atoms with Crippen LogP contribution in [0.4, 0.5) is 0 Å². The van der Waals surface area contributed by atoms with Crippen LogP contribution in [-0.2, 0) is 9.53 Å². The number of allylic oxidation sites excluding steroid dienone is 2. The molecule has 0 spiro atoms. The summed E-state index contributed by atoms with van der Waals surface area (Å²) in [6, 6.07) is 0. The van der Waals surface area contributed by atoms with Gasteiger partial charge < -0.3 is 4.74 Å². The second-order valence-electron chi connectivity index (χ2n) is 5.37. The molecule has 0 aromatic heterocycles. The van der Waals surface area contributed by atoms with Crippen molar-refractivity contribution in [3.8, 4) is 0 Å². The van der Waals surface area contributed by atoms with E-state index in [-0.39, 0.29) is 0 Å². The molecule has 2 rings (SSSR count). The Morgan fingerprint density at radius 2 is 2.18 bits per heavy atom. The van der Waals surface area contributed by atoms with Crippen molar-refractivity contribution in [3.05, 3.63) is 11.6 Å². The standard InChI is InChI=1S/C15H24O2/c1-2-17-14-9-12(10-14)11-15(16)13-7-5-3-4-6-8-13/h7,12,14H,2-6,8-11H2,1H3. The van der Waals surface area contributed by atoms with Crippen LogP contribution < -0.4 is 0 Å². The predicted molar refractivity (Wildman–Crippen MR) is 68.9 cm³/mol. The third-order valence-electron chi connectivity index (χ3n) is 3.97. The molecule has 2 aliphatic carbocycles. The lowest BCUT2D eigenvalue weighted by atomic mass is 9.78. The molecule has 0 aromatic rings. The van der Waals surface area contributed by atoms with Gasteiger partial charge in [-0.2, -0.15) is 0 Å². The van der Waals surface area contributed by atoms with Gasteiger partial charge in [-0.25, -0.2) is 0 Å². The van der Waals surface area contributed by atoms with Gasteiger partial charge in [-0.3, -0.25) is 4.79 Å². The Morgan fingerprint density at radius 1 is 1.35 bits per heavy atom. The van der Waals surface area contributed by atoms with Crippen LogP contribution in [-0.4, -0.2) is 18.5 Å². The molecule has 2 aliphatic rings. The minimum absolute atomic E-state index is 0.409. The summed E-state index contributed by atoms with van der Waals surface area (Å²) in [5.74, 6) is 0.995. The summed E-state index contributed by atoms with van der Waals surface area (Å²) in [5.41, 5.74) is 1.11. The molecule has 1 saturated carbocycles. The molecule has 2 heteroatoms. The summed E-state index contributed by atoms with van der Waals surface area (Å²) in [4.78, 5) is 12.1. The molecular formula is C15H24O2. The smallest absolute Gasteiger partial charge is 0.158 e. The van der Waals surface area contributed by atoms with E-state index in [0.717, 1.165) is 44.3 Å². The summed E-state index contributed by atoms with van der Waals surface area (Å²) in [6.45, 7) is 2.84. The number of ketones is 1. The second kappa shape index (κ2) is 6.34. The van der Waals surface area contributed by atoms with Gasteiger partial charge in [-0.15, -0.1) is 0 Å². The lowest BCUT2D eigenvalue weighted by Crippen LogP contribution is -2.33. The Labute approximate surface area is 104 Å². The Balaban J connectivity index is 1.72. The summed E-state index contributed by atoms with van der Waals surface area (Å²) < 4.78 is 5.53. The lowest BCUT2D eigenvalue weighted by Gasteiger charge is -2.34. The van der Waals surface area contributed by atoms with Gasteiger partial charge in [0.1, 0.15) is 0 Å². The lowest BCUT2D eigenvalue weighted by molar-refractivity contribution is -0.118. The molecule has 1 fully saturated rings. The maximum atomic E-state index is 12.1. The first kappa shape index (κ1) is 12.8. The largest absolute Gasteiger partial charge is 0.378 e. The van der Waals surface area contributed by atoms with Gasteiger partial charge in [0, 0.05) is 13.0 Å². The zero-order valence-electron chi connectivity index (χ0n) is 10.9. The van der Waals surface area contributed by atoms with E-state index in [4.69, 9.17) is 4.74 Å². The van der Waals surface area contributed by atoms with Crippen LogP contribution >= 0.6 is 0 Å². The molecule has 0 amide bonds. The minimum Gasteiger partial charge on any atom is -0.378 e. The van der Waals surface area contributed by atoms with E-state index in [1.807, 2.05) is 6.92 Å². The minimum atomic E-state index is 0.409. The predicted octanol–water partition coefficient (Wildman–Crippen LogP) is 3.65. The molecule has 17 heavy (non-hydrogen) atoms. The van der Waals surface area contributed by atoms with Crippen LogP contribution in [0.15, 0.2) is 11.6 Å². The van der Waals surface area contributed by atoms with Crippen LogP contribution in [0.25, 0.3) is 0 Å². The van der Waals surface area contributed by atoms with E-state index in [0.29, 0.717) is 17.8 Å². The average molecular weight is 236 g/mol. The Kier molecular flexibility index (Phi) is 4.78. The van der Waals surface area contributed by atoms with Crippen LogP contribution in [0.3, 0.4) is 0 Å². The van der Waals surface area contributed by atoms with Crippen molar-refractivity contribution < 1.29 is 9.53 Å². The fourth-order valence-electron chi connectivity index (χ4n) is 2.87. The van der Waals surface area contributed by atoms with E-state index < -0.39 is 0 Å². The van der Waals surface area contributed by atoms with E-state index in [9.17, 15) is 4.79 Å². The Bertz CT molecular complexity index is 287. The molecule has 0 unspecified atom stereocenters. The number of hydrogen-bond acceptors (Lipinski definition) is 2. The molecule has 0 bridgehead atoms. The van der Waals surface area contributed by atoms with Crippen LogP contribution in [0.5, 0.6) is 0 Å². The molecule has 0 atom stereocenters. The molecule has 0 aliphatic heterocycles. The van der Waals surface area contributed by atoms with Crippen LogP contribution in [0.1, 0.15) is 58.3 Å². The van der Waals surface area contributed by atoms with Gasteiger partial charge >= 0.3 is 0 Å². The Morgan fingerprint density at radius 3 is 2.94 bits per heavy atom. The zero-order valence-corrected chi connectivity index (χ0v) is 10.9. The molecule has 0 aromatic carbocycles. The third kappa shape index (κ3) is 3.67. The number of carbonyl (C=O) groups is 1. The summed E-state index contributed by atoms with van der Waals surface area (Å²) in [5, 5.41) is 0. The highest BCUT2D eigenvalue weighted by Gasteiger charge is 2.31. The topological polar surface area (TPSA) is 26.3 Å². The van der Waals surface area contributed by atoms with E-state index in [2.05, 4.69) is 6.08 Å². The number of carbonyl (C=O) groups excluding carboxylic acids is 1. The molecule has 2 nitrogen and oxygen atoms in total. The SMILES string of the molecule is CCOC1CC(CC(=O)C2=CCCCCC2)C1. The highest BCUT2D eigenvalue weighted by molar-refractivity contribution is 5.95. The highest BCUT2D eigenvalue weighted by Crippen LogP contribution is 2.34. The quantitative estimate of drug-likeness (QED) is 0.728. The van der Waals surface area contributed by atoms with Crippen molar-refractivity contribution in [2.24, 2.45) is 5.92 Å². The molecular weight excluding hydrogens is 212 g/mol. The molecule has 0 radical (unpaired) electrons. The normalized spacial score (nSPS) is 29.1. The fraction of sp³-hybridized carbons (Fsp3) is 0.800. The van der Waals surface area contributed by atoms with Gasteiger partial charge in [-0.05, 0) is 56.9 Å².